The number of carboxylic acids is 1. The number of hydrogen-bond acceptors (Lipinski definition) is 5. The molecule has 1 N–H and O–H groups in total. The Morgan fingerprint density at radius 3 is 2.27 bits per heavy atom. The maximum atomic E-state index is 12.7. The first-order chi connectivity index (χ1) is 11.9. The highest BCUT2D eigenvalue weighted by molar-refractivity contribution is 6.63. The third kappa shape index (κ3) is 3.75. The SMILES string of the molecule is COc1cn(C(CC(F)F)C(=O)O)c(=O)cc1B1OC(C)(C)C(C)(C)O1. The van der Waals surface area contributed by atoms with Crippen LogP contribution in [0.25, 0.3) is 0 Å². The Labute approximate surface area is 150 Å². The normalized spacial score (nSPS) is 19.6. The molecule has 0 amide bonds. The summed E-state index contributed by atoms with van der Waals surface area (Å²) in [5.41, 5.74) is -1.80. The molecule has 0 spiro atoms. The third-order valence-corrected chi connectivity index (χ3v) is 4.82. The Bertz CT molecular complexity index is 733. The van der Waals surface area contributed by atoms with E-state index in [1.807, 2.05) is 27.7 Å². The van der Waals surface area contributed by atoms with E-state index in [2.05, 4.69) is 0 Å². The number of halogens is 2. The minimum atomic E-state index is -2.88. The number of carboxylic acid groups (broad SMARTS) is 1. The van der Waals surface area contributed by atoms with Gasteiger partial charge in [0.05, 0.1) is 18.3 Å². The van der Waals surface area contributed by atoms with Crippen molar-refractivity contribution in [1.82, 2.24) is 4.57 Å². The molecule has 0 radical (unpaired) electrons. The molecule has 7 nitrogen and oxygen atoms in total. The van der Waals surface area contributed by atoms with Crippen molar-refractivity contribution in [1.29, 1.82) is 0 Å². The van der Waals surface area contributed by atoms with Gasteiger partial charge >= 0.3 is 13.1 Å². The maximum absolute atomic E-state index is 12.7. The van der Waals surface area contributed by atoms with E-state index in [0.29, 0.717) is 0 Å². The van der Waals surface area contributed by atoms with Gasteiger partial charge in [0.2, 0.25) is 6.43 Å². The van der Waals surface area contributed by atoms with Crippen LogP contribution in [0.4, 0.5) is 8.78 Å². The van der Waals surface area contributed by atoms with Crippen LogP contribution in [0.1, 0.15) is 40.2 Å². The number of aliphatic carboxylic acids is 1. The van der Waals surface area contributed by atoms with Crippen LogP contribution >= 0.6 is 0 Å². The second-order valence-corrected chi connectivity index (χ2v) is 7.11. The Morgan fingerprint density at radius 2 is 1.85 bits per heavy atom. The van der Waals surface area contributed by atoms with Crippen LogP contribution in [-0.2, 0) is 14.1 Å². The van der Waals surface area contributed by atoms with Crippen LogP contribution in [-0.4, -0.2) is 47.5 Å². The quantitative estimate of drug-likeness (QED) is 0.760. The van der Waals surface area contributed by atoms with Gasteiger partial charge in [0.15, 0.2) is 0 Å². The highest BCUT2D eigenvalue weighted by Gasteiger charge is 2.52. The standard InChI is InChI=1S/C16H22BF2NO6/c1-15(2)16(3,4)26-17(25-15)9-6-13(21)20(8-11(9)24-5)10(14(22)23)7-12(18)19/h6,8,10,12H,7H2,1-5H3,(H,22,23). The lowest BCUT2D eigenvalue weighted by atomic mass is 9.79. The van der Waals surface area contributed by atoms with Crippen molar-refractivity contribution in [2.24, 2.45) is 0 Å². The maximum Gasteiger partial charge on any atom is 0.498 e. The van der Waals surface area contributed by atoms with Gasteiger partial charge < -0.3 is 19.2 Å². The minimum absolute atomic E-state index is 0.114. The van der Waals surface area contributed by atoms with Crippen molar-refractivity contribution in [3.05, 3.63) is 22.6 Å². The molecular formula is C16H22BF2NO6. The van der Waals surface area contributed by atoms with Gasteiger partial charge in [0, 0.05) is 24.1 Å². The Morgan fingerprint density at radius 1 is 1.31 bits per heavy atom. The Balaban J connectivity index is 2.48. The predicted molar refractivity (Wildman–Crippen MR) is 90.3 cm³/mol. The van der Waals surface area contributed by atoms with Gasteiger partial charge in [-0.3, -0.25) is 9.36 Å². The van der Waals surface area contributed by atoms with Crippen LogP contribution in [0.2, 0.25) is 0 Å². The van der Waals surface area contributed by atoms with Crippen molar-refractivity contribution < 1.29 is 32.7 Å². The molecule has 0 bridgehead atoms. The average Bonchev–Trinajstić information content (AvgIpc) is 2.72. The molecule has 1 aromatic heterocycles. The monoisotopic (exact) mass is 373 g/mol. The smallest absolute Gasteiger partial charge is 0.496 e. The summed E-state index contributed by atoms with van der Waals surface area (Å²) in [7, 11) is 0.414. The number of alkyl halides is 2. The lowest BCUT2D eigenvalue weighted by molar-refractivity contribution is -0.142. The molecule has 26 heavy (non-hydrogen) atoms. The minimum Gasteiger partial charge on any atom is -0.496 e. The van der Waals surface area contributed by atoms with Crippen molar-refractivity contribution in [3.8, 4) is 5.75 Å². The first kappa shape index (κ1) is 20.4. The van der Waals surface area contributed by atoms with E-state index < -0.39 is 48.7 Å². The van der Waals surface area contributed by atoms with Crippen LogP contribution in [0.15, 0.2) is 17.1 Å². The molecule has 1 aliphatic heterocycles. The number of aromatic nitrogens is 1. The molecule has 0 aliphatic carbocycles. The molecule has 1 saturated heterocycles. The van der Waals surface area contributed by atoms with Gasteiger partial charge in [-0.15, -0.1) is 0 Å². The number of pyridine rings is 1. The van der Waals surface area contributed by atoms with Crippen molar-refractivity contribution in [2.75, 3.05) is 7.11 Å². The molecule has 0 saturated carbocycles. The Hall–Kier alpha value is -1.94. The number of ether oxygens (including phenoxy) is 1. The fourth-order valence-electron chi connectivity index (χ4n) is 2.61. The van der Waals surface area contributed by atoms with Crippen LogP contribution < -0.4 is 15.8 Å². The summed E-state index contributed by atoms with van der Waals surface area (Å²) in [6, 6.07) is -0.605. The zero-order valence-electron chi connectivity index (χ0n) is 15.3. The summed E-state index contributed by atoms with van der Waals surface area (Å²) in [5.74, 6) is -1.42. The van der Waals surface area contributed by atoms with E-state index in [9.17, 15) is 23.5 Å². The van der Waals surface area contributed by atoms with Crippen LogP contribution in [0, 0.1) is 0 Å². The molecule has 1 aliphatic rings. The van der Waals surface area contributed by atoms with Gasteiger partial charge in [0.25, 0.3) is 5.56 Å². The van der Waals surface area contributed by atoms with Crippen LogP contribution in [0.3, 0.4) is 0 Å². The molecule has 0 aromatic carbocycles. The van der Waals surface area contributed by atoms with Crippen LogP contribution in [0.5, 0.6) is 5.75 Å². The highest BCUT2D eigenvalue weighted by Crippen LogP contribution is 2.37. The van der Waals surface area contributed by atoms with Gasteiger partial charge in [-0.1, -0.05) is 0 Å². The fourth-order valence-corrected chi connectivity index (χ4v) is 2.61. The Kier molecular flexibility index (Phi) is 5.48. The molecular weight excluding hydrogens is 351 g/mol. The van der Waals surface area contributed by atoms with E-state index in [-0.39, 0.29) is 11.2 Å². The van der Waals surface area contributed by atoms with Crippen molar-refractivity contribution >= 4 is 18.6 Å². The molecule has 1 atom stereocenters. The molecule has 10 heteroatoms. The summed E-state index contributed by atoms with van der Waals surface area (Å²) < 4.78 is 43.1. The summed E-state index contributed by atoms with van der Waals surface area (Å²) >= 11 is 0. The number of hydrogen-bond donors (Lipinski definition) is 1. The summed E-state index contributed by atoms with van der Waals surface area (Å²) in [4.78, 5) is 23.7. The summed E-state index contributed by atoms with van der Waals surface area (Å²) in [5, 5.41) is 9.20. The third-order valence-electron chi connectivity index (χ3n) is 4.82. The van der Waals surface area contributed by atoms with Crippen molar-refractivity contribution in [3.63, 3.8) is 0 Å². The first-order valence-electron chi connectivity index (χ1n) is 8.06. The highest BCUT2D eigenvalue weighted by atomic mass is 19.3. The van der Waals surface area contributed by atoms with E-state index in [0.717, 1.165) is 16.8 Å². The molecule has 1 unspecified atom stereocenters. The number of carbonyl (C=O) groups is 1. The molecule has 1 aromatic rings. The molecule has 2 rings (SSSR count). The lowest BCUT2D eigenvalue weighted by Gasteiger charge is -2.32. The predicted octanol–water partition coefficient (Wildman–Crippen LogP) is 1.44. The van der Waals surface area contributed by atoms with Gasteiger partial charge in [-0.2, -0.15) is 0 Å². The van der Waals surface area contributed by atoms with E-state index in [1.165, 1.54) is 7.11 Å². The number of nitrogens with zero attached hydrogens (tertiary/aromatic N) is 1. The molecule has 2 heterocycles. The van der Waals surface area contributed by atoms with Crippen molar-refractivity contribution in [2.45, 2.75) is 57.8 Å². The zero-order chi connectivity index (χ0) is 19.9. The topological polar surface area (TPSA) is 87.0 Å². The number of methoxy groups -OCH3 is 1. The summed E-state index contributed by atoms with van der Waals surface area (Å²) in [6.45, 7) is 7.35. The van der Waals surface area contributed by atoms with E-state index in [4.69, 9.17) is 14.0 Å². The lowest BCUT2D eigenvalue weighted by Crippen LogP contribution is -2.41. The van der Waals surface area contributed by atoms with E-state index >= 15 is 0 Å². The fraction of sp³-hybridized carbons (Fsp3) is 0.625. The average molecular weight is 373 g/mol. The van der Waals surface area contributed by atoms with E-state index in [1.54, 1.807) is 0 Å². The van der Waals surface area contributed by atoms with Gasteiger partial charge in [-0.05, 0) is 27.7 Å². The second-order valence-electron chi connectivity index (χ2n) is 7.11. The molecule has 144 valence electrons. The van der Waals surface area contributed by atoms with Gasteiger partial charge in [0.1, 0.15) is 11.8 Å². The second kappa shape index (κ2) is 7.00. The molecule has 1 fully saturated rings. The number of rotatable bonds is 6. The largest absolute Gasteiger partial charge is 0.498 e. The first-order valence-corrected chi connectivity index (χ1v) is 8.06. The summed E-state index contributed by atoms with van der Waals surface area (Å²) in [6.07, 6.45) is -2.77. The zero-order valence-corrected chi connectivity index (χ0v) is 15.3. The van der Waals surface area contributed by atoms with Gasteiger partial charge in [-0.25, -0.2) is 13.6 Å².